The summed E-state index contributed by atoms with van der Waals surface area (Å²) >= 11 is 1.59. The van der Waals surface area contributed by atoms with E-state index in [1.807, 2.05) is 30.5 Å². The van der Waals surface area contributed by atoms with Gasteiger partial charge in [-0.2, -0.15) is 0 Å². The van der Waals surface area contributed by atoms with Crippen molar-refractivity contribution in [1.82, 2.24) is 9.62 Å². The van der Waals surface area contributed by atoms with Crippen molar-refractivity contribution in [3.63, 3.8) is 0 Å². The number of rotatable bonds is 7. The summed E-state index contributed by atoms with van der Waals surface area (Å²) < 4.78 is 27.7. The van der Waals surface area contributed by atoms with E-state index in [4.69, 9.17) is 0 Å². The summed E-state index contributed by atoms with van der Waals surface area (Å²) in [4.78, 5) is 3.83. The second kappa shape index (κ2) is 9.04. The fourth-order valence-corrected chi connectivity index (χ4v) is 4.66. The third-order valence-corrected chi connectivity index (χ3v) is 6.84. The lowest BCUT2D eigenvalue weighted by Crippen LogP contribution is -2.29. The maximum Gasteiger partial charge on any atom is 0.240 e. The zero-order valence-electron chi connectivity index (χ0n) is 15.1. The zero-order chi connectivity index (χ0) is 18.4. The molecule has 3 rings (SSSR count). The van der Waals surface area contributed by atoms with Crippen molar-refractivity contribution in [2.45, 2.75) is 42.1 Å². The Kier molecular flexibility index (Phi) is 6.75. The maximum absolute atomic E-state index is 12.5. The number of likely N-dealkylation sites (tertiary alicyclic amines) is 1. The van der Waals surface area contributed by atoms with Crippen LogP contribution < -0.4 is 4.72 Å². The highest BCUT2D eigenvalue weighted by molar-refractivity contribution is 7.98. The lowest BCUT2D eigenvalue weighted by Gasteiger charge is -2.26. The minimum Gasteiger partial charge on any atom is -0.299 e. The van der Waals surface area contributed by atoms with Gasteiger partial charge in [-0.25, -0.2) is 13.1 Å². The number of benzene rings is 2. The molecule has 26 heavy (non-hydrogen) atoms. The zero-order valence-corrected chi connectivity index (χ0v) is 16.8. The van der Waals surface area contributed by atoms with Gasteiger partial charge < -0.3 is 0 Å². The first-order valence-corrected chi connectivity index (χ1v) is 11.7. The average Bonchev–Trinajstić information content (AvgIpc) is 2.68. The van der Waals surface area contributed by atoms with Crippen LogP contribution in [0.2, 0.25) is 0 Å². The average molecular weight is 391 g/mol. The number of hydrogen-bond acceptors (Lipinski definition) is 4. The standard InChI is InChI=1S/C20H26N2O2S2/c1-25-19-8-10-20(11-9-19)26(23,24)21-15-17-6-5-7-18(14-17)16-22-12-3-2-4-13-22/h5-11,14,21H,2-4,12-13,15-16H2,1H3. The number of piperidine rings is 1. The minimum absolute atomic E-state index is 0.305. The molecule has 0 aromatic heterocycles. The molecule has 0 unspecified atom stereocenters. The molecular weight excluding hydrogens is 364 g/mol. The van der Waals surface area contributed by atoms with E-state index in [2.05, 4.69) is 21.8 Å². The van der Waals surface area contributed by atoms with Gasteiger partial charge in [-0.1, -0.05) is 30.7 Å². The molecular formula is C20H26N2O2S2. The van der Waals surface area contributed by atoms with Gasteiger partial charge in [0.1, 0.15) is 0 Å². The smallest absolute Gasteiger partial charge is 0.240 e. The topological polar surface area (TPSA) is 49.4 Å². The van der Waals surface area contributed by atoms with Crippen molar-refractivity contribution < 1.29 is 8.42 Å². The van der Waals surface area contributed by atoms with Gasteiger partial charge in [0.15, 0.2) is 0 Å². The number of sulfonamides is 1. The largest absolute Gasteiger partial charge is 0.299 e. The summed E-state index contributed by atoms with van der Waals surface area (Å²) in [5, 5.41) is 0. The lowest BCUT2D eigenvalue weighted by molar-refractivity contribution is 0.221. The van der Waals surface area contributed by atoms with Crippen LogP contribution in [0.4, 0.5) is 0 Å². The Morgan fingerprint density at radius 1 is 1.00 bits per heavy atom. The first kappa shape index (κ1) is 19.4. The van der Waals surface area contributed by atoms with E-state index in [-0.39, 0.29) is 0 Å². The summed E-state index contributed by atoms with van der Waals surface area (Å²) in [7, 11) is -3.49. The normalized spacial score (nSPS) is 15.9. The van der Waals surface area contributed by atoms with E-state index in [1.54, 1.807) is 23.9 Å². The highest BCUT2D eigenvalue weighted by Crippen LogP contribution is 2.18. The van der Waals surface area contributed by atoms with Crippen LogP contribution in [0.3, 0.4) is 0 Å². The molecule has 1 fully saturated rings. The summed E-state index contributed by atoms with van der Waals surface area (Å²) in [6.45, 7) is 3.56. The number of thioether (sulfide) groups is 1. The molecule has 2 aromatic carbocycles. The molecule has 2 aromatic rings. The number of nitrogens with zero attached hydrogens (tertiary/aromatic N) is 1. The van der Waals surface area contributed by atoms with Crippen molar-refractivity contribution in [2.24, 2.45) is 0 Å². The summed E-state index contributed by atoms with van der Waals surface area (Å²) in [6.07, 6.45) is 5.85. The van der Waals surface area contributed by atoms with Gasteiger partial charge >= 0.3 is 0 Å². The predicted octanol–water partition coefficient (Wildman–Crippen LogP) is 3.87. The van der Waals surface area contributed by atoms with Crippen molar-refractivity contribution in [1.29, 1.82) is 0 Å². The molecule has 0 spiro atoms. The molecule has 1 aliphatic heterocycles. The van der Waals surface area contributed by atoms with E-state index < -0.39 is 10.0 Å². The Morgan fingerprint density at radius 2 is 1.69 bits per heavy atom. The van der Waals surface area contributed by atoms with Crippen molar-refractivity contribution in [2.75, 3.05) is 19.3 Å². The van der Waals surface area contributed by atoms with Crippen molar-refractivity contribution >= 4 is 21.8 Å². The van der Waals surface area contributed by atoms with E-state index >= 15 is 0 Å². The fraction of sp³-hybridized carbons (Fsp3) is 0.400. The molecule has 1 N–H and O–H groups in total. The molecule has 1 aliphatic rings. The Balaban J connectivity index is 1.62. The molecule has 140 valence electrons. The van der Waals surface area contributed by atoms with Crippen LogP contribution >= 0.6 is 11.8 Å². The summed E-state index contributed by atoms with van der Waals surface area (Å²) in [5.41, 5.74) is 2.23. The predicted molar refractivity (Wildman–Crippen MR) is 108 cm³/mol. The maximum atomic E-state index is 12.5. The van der Waals surface area contributed by atoms with Gasteiger partial charge in [0.05, 0.1) is 4.90 Å². The third-order valence-electron chi connectivity index (χ3n) is 4.68. The van der Waals surface area contributed by atoms with E-state index in [0.717, 1.165) is 30.1 Å². The highest BCUT2D eigenvalue weighted by Gasteiger charge is 2.14. The van der Waals surface area contributed by atoms with Gasteiger partial charge in [-0.15, -0.1) is 11.8 Å². The Labute approximate surface area is 161 Å². The Bertz CT molecular complexity index is 814. The van der Waals surface area contributed by atoms with Crippen LogP contribution in [0.5, 0.6) is 0 Å². The third kappa shape index (κ3) is 5.33. The molecule has 0 atom stereocenters. The van der Waals surface area contributed by atoms with Gasteiger partial charge in [0.25, 0.3) is 0 Å². The highest BCUT2D eigenvalue weighted by atomic mass is 32.2. The van der Waals surface area contributed by atoms with Gasteiger partial charge in [0, 0.05) is 18.0 Å². The first-order valence-electron chi connectivity index (χ1n) is 9.01. The second-order valence-corrected chi connectivity index (χ2v) is 9.30. The molecule has 0 bridgehead atoms. The number of hydrogen-bond donors (Lipinski definition) is 1. The van der Waals surface area contributed by atoms with Crippen LogP contribution in [0.25, 0.3) is 0 Å². The molecule has 4 nitrogen and oxygen atoms in total. The molecule has 0 amide bonds. The Morgan fingerprint density at radius 3 is 2.38 bits per heavy atom. The van der Waals surface area contributed by atoms with Crippen LogP contribution in [0.15, 0.2) is 58.3 Å². The van der Waals surface area contributed by atoms with Crippen molar-refractivity contribution in [3.05, 3.63) is 59.7 Å². The summed E-state index contributed by atoms with van der Waals surface area (Å²) in [5.74, 6) is 0. The lowest BCUT2D eigenvalue weighted by atomic mass is 10.1. The number of nitrogens with one attached hydrogen (secondary N) is 1. The second-order valence-electron chi connectivity index (χ2n) is 6.66. The van der Waals surface area contributed by atoms with E-state index in [1.165, 1.54) is 24.8 Å². The van der Waals surface area contributed by atoms with E-state index in [0.29, 0.717) is 11.4 Å². The molecule has 0 aliphatic carbocycles. The van der Waals surface area contributed by atoms with E-state index in [9.17, 15) is 8.42 Å². The monoisotopic (exact) mass is 390 g/mol. The van der Waals surface area contributed by atoms with Gasteiger partial charge in [-0.3, -0.25) is 4.90 Å². The molecule has 6 heteroatoms. The molecule has 1 heterocycles. The molecule has 1 saturated heterocycles. The Hall–Kier alpha value is -1.34. The SMILES string of the molecule is CSc1ccc(S(=O)(=O)NCc2cccc(CN3CCCCC3)c2)cc1. The van der Waals surface area contributed by atoms with Crippen LogP contribution in [0, 0.1) is 0 Å². The van der Waals surface area contributed by atoms with Crippen molar-refractivity contribution in [3.8, 4) is 0 Å². The molecule has 0 radical (unpaired) electrons. The first-order chi connectivity index (χ1) is 12.6. The summed E-state index contributed by atoms with van der Waals surface area (Å²) in [6, 6.07) is 15.2. The quantitative estimate of drug-likeness (QED) is 0.729. The van der Waals surface area contributed by atoms with Crippen LogP contribution in [-0.2, 0) is 23.1 Å². The minimum atomic E-state index is -3.49. The fourth-order valence-electron chi connectivity index (χ4n) is 3.23. The van der Waals surface area contributed by atoms with Gasteiger partial charge in [0.2, 0.25) is 10.0 Å². The van der Waals surface area contributed by atoms with Crippen LogP contribution in [0.1, 0.15) is 30.4 Å². The van der Waals surface area contributed by atoms with Crippen LogP contribution in [-0.4, -0.2) is 32.7 Å². The molecule has 0 saturated carbocycles. The van der Waals surface area contributed by atoms with Gasteiger partial charge in [-0.05, 0) is 67.6 Å².